The van der Waals surface area contributed by atoms with Gasteiger partial charge < -0.3 is 9.52 Å². The van der Waals surface area contributed by atoms with E-state index in [0.717, 1.165) is 36.7 Å². The van der Waals surface area contributed by atoms with Crippen LogP contribution in [0.1, 0.15) is 31.6 Å². The molecule has 1 aromatic carbocycles. The van der Waals surface area contributed by atoms with Crippen LogP contribution in [0.25, 0.3) is 11.3 Å². The van der Waals surface area contributed by atoms with E-state index in [2.05, 4.69) is 9.88 Å². The summed E-state index contributed by atoms with van der Waals surface area (Å²) in [5, 5.41) is 9.04. The highest BCUT2D eigenvalue weighted by Gasteiger charge is 2.25. The van der Waals surface area contributed by atoms with Gasteiger partial charge in [0.1, 0.15) is 0 Å². The van der Waals surface area contributed by atoms with Crippen molar-refractivity contribution in [3.8, 4) is 11.3 Å². The summed E-state index contributed by atoms with van der Waals surface area (Å²) in [5.74, 6) is 1.58. The minimum atomic E-state index is 0.240. The number of rotatable bonds is 7. The van der Waals surface area contributed by atoms with Crippen molar-refractivity contribution in [1.29, 1.82) is 0 Å². The number of benzene rings is 1. The first-order chi connectivity index (χ1) is 10.4. The Labute approximate surface area is 125 Å². The zero-order chi connectivity index (χ0) is 14.5. The second-order valence-electron chi connectivity index (χ2n) is 5.62. The average Bonchev–Trinajstić information content (AvgIpc) is 2.92. The van der Waals surface area contributed by atoms with Crippen LogP contribution in [0, 0.1) is 0 Å². The van der Waals surface area contributed by atoms with Crippen LogP contribution in [0.4, 0.5) is 0 Å². The molecule has 3 rings (SSSR count). The van der Waals surface area contributed by atoms with Gasteiger partial charge in [-0.2, -0.15) is 0 Å². The molecule has 1 heterocycles. The van der Waals surface area contributed by atoms with Crippen molar-refractivity contribution in [1.82, 2.24) is 9.88 Å². The maximum Gasteiger partial charge on any atom is 0.209 e. The molecule has 21 heavy (non-hydrogen) atoms. The highest BCUT2D eigenvalue weighted by atomic mass is 16.4. The summed E-state index contributed by atoms with van der Waals surface area (Å²) in [5.41, 5.74) is 1.06. The van der Waals surface area contributed by atoms with Gasteiger partial charge in [-0.15, -0.1) is 0 Å². The maximum absolute atomic E-state index is 9.04. The number of hydrogen-bond acceptors (Lipinski definition) is 4. The molecule has 1 aliphatic carbocycles. The van der Waals surface area contributed by atoms with Gasteiger partial charge in [0.15, 0.2) is 5.76 Å². The molecule has 0 radical (unpaired) electrons. The summed E-state index contributed by atoms with van der Waals surface area (Å²) < 4.78 is 5.88. The quantitative estimate of drug-likeness (QED) is 0.850. The van der Waals surface area contributed by atoms with Crippen molar-refractivity contribution in [3.63, 3.8) is 0 Å². The lowest BCUT2D eigenvalue weighted by Crippen LogP contribution is -2.40. The van der Waals surface area contributed by atoms with Gasteiger partial charge in [-0.1, -0.05) is 36.8 Å². The first-order valence-corrected chi connectivity index (χ1v) is 7.72. The molecule has 4 heteroatoms. The van der Waals surface area contributed by atoms with Crippen LogP contribution in [0.5, 0.6) is 0 Å². The summed E-state index contributed by atoms with van der Waals surface area (Å²) in [4.78, 5) is 6.80. The first-order valence-electron chi connectivity index (χ1n) is 7.72. The summed E-state index contributed by atoms with van der Waals surface area (Å²) >= 11 is 0. The van der Waals surface area contributed by atoms with Crippen molar-refractivity contribution in [2.75, 3.05) is 13.2 Å². The van der Waals surface area contributed by atoms with Crippen molar-refractivity contribution < 1.29 is 9.52 Å². The molecular formula is C17H22N2O2. The lowest BCUT2D eigenvalue weighted by atomic mass is 9.91. The van der Waals surface area contributed by atoms with Gasteiger partial charge in [0.25, 0.3) is 0 Å². The monoisotopic (exact) mass is 286 g/mol. The Bertz CT molecular complexity index is 549. The summed E-state index contributed by atoms with van der Waals surface area (Å²) in [7, 11) is 0. The van der Waals surface area contributed by atoms with E-state index in [0.29, 0.717) is 6.04 Å². The van der Waals surface area contributed by atoms with Gasteiger partial charge in [0, 0.05) is 24.8 Å². The zero-order valence-electron chi connectivity index (χ0n) is 12.2. The van der Waals surface area contributed by atoms with Crippen LogP contribution in [0.2, 0.25) is 0 Å². The van der Waals surface area contributed by atoms with Gasteiger partial charge in [0.05, 0.1) is 12.7 Å². The van der Waals surface area contributed by atoms with E-state index in [1.807, 2.05) is 30.3 Å². The highest BCUT2D eigenvalue weighted by Crippen LogP contribution is 2.27. The molecule has 2 aromatic rings. The van der Waals surface area contributed by atoms with Gasteiger partial charge in [-0.3, -0.25) is 4.90 Å². The molecule has 0 spiro atoms. The van der Waals surface area contributed by atoms with E-state index >= 15 is 0 Å². The van der Waals surface area contributed by atoms with E-state index in [1.165, 1.54) is 19.3 Å². The van der Waals surface area contributed by atoms with E-state index in [-0.39, 0.29) is 6.61 Å². The molecule has 0 unspecified atom stereocenters. The fourth-order valence-corrected chi connectivity index (χ4v) is 2.71. The smallest absolute Gasteiger partial charge is 0.209 e. The molecular weight excluding hydrogens is 264 g/mol. The number of aromatic nitrogens is 1. The maximum atomic E-state index is 9.04. The van der Waals surface area contributed by atoms with Gasteiger partial charge in [-0.05, 0) is 19.3 Å². The molecule has 0 aliphatic heterocycles. The van der Waals surface area contributed by atoms with Crippen molar-refractivity contribution in [2.45, 2.75) is 38.3 Å². The number of nitrogens with zero attached hydrogens (tertiary/aromatic N) is 2. The average molecular weight is 286 g/mol. The minimum Gasteiger partial charge on any atom is -0.439 e. The highest BCUT2D eigenvalue weighted by molar-refractivity contribution is 5.55. The van der Waals surface area contributed by atoms with E-state index in [9.17, 15) is 0 Å². The topological polar surface area (TPSA) is 49.5 Å². The number of aliphatic hydroxyl groups excluding tert-OH is 1. The van der Waals surface area contributed by atoms with Crippen molar-refractivity contribution in [2.24, 2.45) is 0 Å². The normalized spacial score (nSPS) is 15.3. The molecule has 0 atom stereocenters. The Morgan fingerprint density at radius 1 is 1.24 bits per heavy atom. The van der Waals surface area contributed by atoms with Gasteiger partial charge >= 0.3 is 0 Å². The Morgan fingerprint density at radius 3 is 2.71 bits per heavy atom. The van der Waals surface area contributed by atoms with Gasteiger partial charge in [-0.25, -0.2) is 4.98 Å². The molecule has 0 amide bonds. The van der Waals surface area contributed by atoms with Crippen LogP contribution in [-0.4, -0.2) is 34.2 Å². The standard InChI is InChI=1S/C17H22N2O2/c20-11-5-10-19(15-8-4-9-15)13-17-18-12-16(21-17)14-6-2-1-3-7-14/h1-3,6-7,12,15,20H,4-5,8-11,13H2. The fraction of sp³-hybridized carbons (Fsp3) is 0.471. The zero-order valence-corrected chi connectivity index (χ0v) is 12.2. The molecule has 1 saturated carbocycles. The largest absolute Gasteiger partial charge is 0.439 e. The first kappa shape index (κ1) is 14.3. The molecule has 0 saturated heterocycles. The van der Waals surface area contributed by atoms with Crippen LogP contribution in [-0.2, 0) is 6.54 Å². The van der Waals surface area contributed by atoms with Crippen LogP contribution in [0.3, 0.4) is 0 Å². The molecule has 112 valence electrons. The van der Waals surface area contributed by atoms with Gasteiger partial charge in [0.2, 0.25) is 5.89 Å². The molecule has 1 aliphatic rings. The molecule has 1 N–H and O–H groups in total. The van der Waals surface area contributed by atoms with E-state index in [1.54, 1.807) is 6.20 Å². The Kier molecular flexibility index (Phi) is 4.68. The molecule has 1 fully saturated rings. The van der Waals surface area contributed by atoms with E-state index in [4.69, 9.17) is 9.52 Å². The van der Waals surface area contributed by atoms with E-state index < -0.39 is 0 Å². The summed E-state index contributed by atoms with van der Waals surface area (Å²) in [6.45, 7) is 1.88. The van der Waals surface area contributed by atoms with Crippen molar-refractivity contribution >= 4 is 0 Å². The Hall–Kier alpha value is -1.65. The predicted octanol–water partition coefficient (Wildman–Crippen LogP) is 3.08. The summed E-state index contributed by atoms with van der Waals surface area (Å²) in [6.07, 6.45) is 6.41. The Morgan fingerprint density at radius 2 is 2.05 bits per heavy atom. The second-order valence-corrected chi connectivity index (χ2v) is 5.62. The summed E-state index contributed by atoms with van der Waals surface area (Å²) in [6, 6.07) is 10.7. The predicted molar refractivity (Wildman–Crippen MR) is 81.7 cm³/mol. The van der Waals surface area contributed by atoms with Crippen LogP contribution in [0.15, 0.2) is 40.9 Å². The number of hydrogen-bond donors (Lipinski definition) is 1. The number of oxazole rings is 1. The third-order valence-electron chi connectivity index (χ3n) is 4.14. The van der Waals surface area contributed by atoms with Crippen LogP contribution >= 0.6 is 0 Å². The molecule has 4 nitrogen and oxygen atoms in total. The lowest BCUT2D eigenvalue weighted by Gasteiger charge is -2.36. The molecule has 1 aromatic heterocycles. The second kappa shape index (κ2) is 6.87. The minimum absolute atomic E-state index is 0.240. The van der Waals surface area contributed by atoms with Crippen molar-refractivity contribution in [3.05, 3.63) is 42.4 Å². The molecule has 0 bridgehead atoms. The third kappa shape index (κ3) is 3.52. The lowest BCUT2D eigenvalue weighted by molar-refractivity contribution is 0.0999. The van der Waals surface area contributed by atoms with Crippen LogP contribution < -0.4 is 0 Å². The SMILES string of the molecule is OCCCN(Cc1ncc(-c2ccccc2)o1)C1CCC1. The third-order valence-corrected chi connectivity index (χ3v) is 4.14. The Balaban J connectivity index is 1.67. The number of aliphatic hydroxyl groups is 1. The fourth-order valence-electron chi connectivity index (χ4n) is 2.71.